The molecule has 1 fully saturated rings. The molecule has 3 aliphatic carbocycles. The number of benzene rings is 3. The Kier molecular flexibility index (Phi) is 9.94. The zero-order valence-electron chi connectivity index (χ0n) is 26.6. The summed E-state index contributed by atoms with van der Waals surface area (Å²) in [7, 11) is -1.19. The minimum absolute atomic E-state index is 0. The average Bonchev–Trinajstić information content (AvgIpc) is 3.66. The van der Waals surface area contributed by atoms with Crippen LogP contribution in [0.2, 0.25) is 13.1 Å². The molecule has 0 N–H and O–H groups in total. The molecule has 225 valence electrons. The molecule has 2 aliphatic heterocycles. The molecule has 0 radical (unpaired) electrons. The van der Waals surface area contributed by atoms with Crippen LogP contribution in [0.4, 0.5) is 0 Å². The fourth-order valence-electron chi connectivity index (χ4n) is 8.60. The van der Waals surface area contributed by atoms with Crippen LogP contribution in [-0.4, -0.2) is 12.6 Å². The van der Waals surface area contributed by atoms with E-state index in [1.165, 1.54) is 77.0 Å². The molecule has 9 rings (SSSR count). The first-order chi connectivity index (χ1) is 20.3. The van der Waals surface area contributed by atoms with Gasteiger partial charge in [-0.2, -0.15) is 0 Å². The van der Waals surface area contributed by atoms with E-state index in [4.69, 9.17) is 0 Å². The molecular formula is C39H42Cl2NSiZr. The minimum atomic E-state index is -1.19. The van der Waals surface area contributed by atoms with Gasteiger partial charge in [0.15, 0.2) is 0 Å². The number of hydrogen-bond acceptors (Lipinski definition) is 0. The third-order valence-corrected chi connectivity index (χ3v) is 16.5. The van der Waals surface area contributed by atoms with E-state index in [1.54, 1.807) is 46.6 Å². The van der Waals surface area contributed by atoms with Crippen molar-refractivity contribution in [1.82, 2.24) is 4.57 Å². The standard InChI is InChI=1S/C22H23.C17H19NSi.2ClH.Zr/c1-16-14-20-8-5-9-21(22(20)15-16)19-12-10-18(11-13-19)17-6-3-2-4-7-17;1-11-10-14-15(17-12(2)16(14)19(17,3)4)18(11)13-8-6-5-7-9-13;;;/h5,8-15,17H,2-4,6-7H2,1H3;5-10,16H,1-4H3;2*1H;/q;;;;+2/p-2. The van der Waals surface area contributed by atoms with Gasteiger partial charge >= 0.3 is 155 Å². The van der Waals surface area contributed by atoms with E-state index < -0.39 is 8.07 Å². The molecule has 2 bridgehead atoms. The molecular weight excluding hydrogens is 673 g/mol. The van der Waals surface area contributed by atoms with Crippen molar-refractivity contribution in [1.29, 1.82) is 0 Å². The Hall–Kier alpha value is -1.90. The molecule has 2 unspecified atom stereocenters. The second kappa shape index (κ2) is 13.1. The maximum Gasteiger partial charge on any atom is -1.00 e. The smallest absolute Gasteiger partial charge is 1.00 e. The van der Waals surface area contributed by atoms with Crippen molar-refractivity contribution < 1.29 is 49.5 Å². The SMILES string of the molecule is CC1=C2c3c(cc(C)n3-c3ccccc3)C1[Si]2(C)C.CC1=Cc2c(-c3ccc(C4CCCCC4)cc3)cccc2[CH]1[Zr+2].[Cl-].[Cl-]. The fraction of sp³-hybridized carbons (Fsp3) is 0.333. The Labute approximate surface area is 292 Å². The summed E-state index contributed by atoms with van der Waals surface area (Å²) in [4.78, 5) is 0. The summed E-state index contributed by atoms with van der Waals surface area (Å²) >= 11 is 1.60. The van der Waals surface area contributed by atoms with Crippen LogP contribution in [-0.2, 0) is 24.7 Å². The van der Waals surface area contributed by atoms with E-state index in [1.807, 2.05) is 0 Å². The van der Waals surface area contributed by atoms with E-state index in [0.29, 0.717) is 3.63 Å². The third kappa shape index (κ3) is 5.45. The predicted molar refractivity (Wildman–Crippen MR) is 177 cm³/mol. The van der Waals surface area contributed by atoms with Crippen molar-refractivity contribution in [3.63, 3.8) is 0 Å². The molecule has 44 heavy (non-hydrogen) atoms. The van der Waals surface area contributed by atoms with Crippen molar-refractivity contribution >= 4 is 19.3 Å². The maximum absolute atomic E-state index is 2.52. The summed E-state index contributed by atoms with van der Waals surface area (Å²) in [6.07, 6.45) is 9.40. The first-order valence-electron chi connectivity index (χ1n) is 15.9. The van der Waals surface area contributed by atoms with Gasteiger partial charge in [0.1, 0.15) is 0 Å². The van der Waals surface area contributed by atoms with Crippen LogP contribution in [0.3, 0.4) is 0 Å². The van der Waals surface area contributed by atoms with Gasteiger partial charge in [0, 0.05) is 22.6 Å². The molecule has 2 atom stereocenters. The number of fused-ring (bicyclic) bond motifs is 1. The van der Waals surface area contributed by atoms with E-state index in [2.05, 4.69) is 123 Å². The second-order valence-electron chi connectivity index (χ2n) is 13.6. The van der Waals surface area contributed by atoms with Gasteiger partial charge in [-0.15, -0.1) is 0 Å². The van der Waals surface area contributed by atoms with Crippen LogP contribution < -0.4 is 24.8 Å². The number of allylic oxidation sites excluding steroid dienone is 2. The van der Waals surface area contributed by atoms with Crippen LogP contribution >= 0.6 is 0 Å². The molecule has 5 heteroatoms. The van der Waals surface area contributed by atoms with Crippen molar-refractivity contribution in [2.45, 2.75) is 81.1 Å². The first kappa shape index (κ1) is 33.5. The van der Waals surface area contributed by atoms with Gasteiger partial charge in [0.25, 0.3) is 0 Å². The molecule has 3 heterocycles. The Balaban J connectivity index is 0.000000169. The molecule has 5 aliphatic rings. The molecule has 0 saturated heterocycles. The van der Waals surface area contributed by atoms with Crippen LogP contribution in [0, 0.1) is 6.92 Å². The fourth-order valence-corrected chi connectivity index (χ4v) is 13.7. The van der Waals surface area contributed by atoms with Gasteiger partial charge in [-0.25, -0.2) is 0 Å². The third-order valence-electron chi connectivity index (χ3n) is 10.5. The van der Waals surface area contributed by atoms with Crippen LogP contribution in [0.5, 0.6) is 0 Å². The van der Waals surface area contributed by atoms with Crippen molar-refractivity contribution in [3.8, 4) is 16.8 Å². The Bertz CT molecular complexity index is 1730. The predicted octanol–water partition coefficient (Wildman–Crippen LogP) is 4.87. The molecule has 0 amide bonds. The number of aromatic nitrogens is 1. The number of para-hydroxylation sites is 1. The van der Waals surface area contributed by atoms with Crippen LogP contribution in [0.25, 0.3) is 28.1 Å². The zero-order valence-corrected chi connectivity index (χ0v) is 31.5. The summed E-state index contributed by atoms with van der Waals surface area (Å²) in [6.45, 7) is 11.9. The van der Waals surface area contributed by atoms with Gasteiger partial charge in [0.2, 0.25) is 0 Å². The minimum Gasteiger partial charge on any atom is -1.00 e. The monoisotopic (exact) mass is 712 g/mol. The Morgan fingerprint density at radius 1 is 0.773 bits per heavy atom. The zero-order chi connectivity index (χ0) is 29.2. The van der Waals surface area contributed by atoms with Gasteiger partial charge in [0.05, 0.1) is 8.07 Å². The molecule has 1 saturated carbocycles. The van der Waals surface area contributed by atoms with E-state index in [9.17, 15) is 0 Å². The van der Waals surface area contributed by atoms with Gasteiger partial charge < -0.3 is 29.4 Å². The van der Waals surface area contributed by atoms with Crippen molar-refractivity contribution in [2.75, 3.05) is 0 Å². The van der Waals surface area contributed by atoms with Crippen molar-refractivity contribution in [3.05, 3.63) is 124 Å². The number of rotatable bonds is 3. The quantitative estimate of drug-likeness (QED) is 0.267. The van der Waals surface area contributed by atoms with Crippen LogP contribution in [0.15, 0.2) is 90.0 Å². The summed E-state index contributed by atoms with van der Waals surface area (Å²) in [5, 5.41) is 1.71. The van der Waals surface area contributed by atoms with Gasteiger partial charge in [-0.05, 0) is 42.8 Å². The number of halogens is 2. The summed E-state index contributed by atoms with van der Waals surface area (Å²) in [5.74, 6) is 0.797. The molecule has 1 aromatic heterocycles. The normalized spacial score (nSPS) is 20.8. The topological polar surface area (TPSA) is 4.93 Å². The molecule has 0 spiro atoms. The molecule has 1 nitrogen and oxygen atoms in total. The molecule has 4 aromatic rings. The Morgan fingerprint density at radius 2 is 1.45 bits per heavy atom. The van der Waals surface area contributed by atoms with E-state index in [0.717, 1.165) is 11.5 Å². The Morgan fingerprint density at radius 3 is 2.11 bits per heavy atom. The maximum atomic E-state index is 2.52. The second-order valence-corrected chi connectivity index (χ2v) is 19.5. The van der Waals surface area contributed by atoms with Gasteiger partial charge in [-0.1, -0.05) is 36.9 Å². The molecule has 3 aromatic carbocycles. The number of aryl methyl sites for hydroxylation is 1. The van der Waals surface area contributed by atoms with E-state index >= 15 is 0 Å². The number of nitrogens with zero attached hydrogens (tertiary/aromatic N) is 1. The van der Waals surface area contributed by atoms with Crippen molar-refractivity contribution in [2.24, 2.45) is 0 Å². The average molecular weight is 715 g/mol. The van der Waals surface area contributed by atoms with Gasteiger partial charge in [-0.3, -0.25) is 0 Å². The summed E-state index contributed by atoms with van der Waals surface area (Å²) in [6, 6.07) is 29.5. The first-order valence-corrected chi connectivity index (χ1v) is 20.4. The van der Waals surface area contributed by atoms with Crippen LogP contribution in [0.1, 0.15) is 94.7 Å². The van der Waals surface area contributed by atoms with E-state index in [-0.39, 0.29) is 24.8 Å². The number of hydrogen-bond donors (Lipinski definition) is 0. The summed E-state index contributed by atoms with van der Waals surface area (Å²) in [5.41, 5.74) is 17.1. The summed E-state index contributed by atoms with van der Waals surface area (Å²) < 4.78 is 3.12. The largest absolute Gasteiger partial charge is 1.00 e.